The molecule has 0 aliphatic carbocycles. The Morgan fingerprint density at radius 2 is 2.05 bits per heavy atom. The van der Waals surface area contributed by atoms with Gasteiger partial charge in [-0.3, -0.25) is 4.79 Å². The predicted molar refractivity (Wildman–Crippen MR) is 84.3 cm³/mol. The summed E-state index contributed by atoms with van der Waals surface area (Å²) in [5.41, 5.74) is 1.97. The van der Waals surface area contributed by atoms with Gasteiger partial charge in [-0.25, -0.2) is 0 Å². The molecule has 0 bridgehead atoms. The number of hydrogen-bond acceptors (Lipinski definition) is 3. The lowest BCUT2D eigenvalue weighted by Crippen LogP contribution is -2.45. The van der Waals surface area contributed by atoms with Crippen molar-refractivity contribution in [1.82, 2.24) is 15.5 Å². The number of amides is 1. The normalized spacial score (nSPS) is 25.6. The molecule has 2 aliphatic heterocycles. The molecule has 114 valence electrons. The van der Waals surface area contributed by atoms with E-state index >= 15 is 0 Å². The molecule has 0 saturated carbocycles. The number of nitrogens with zero attached hydrogens (tertiary/aromatic N) is 1. The summed E-state index contributed by atoms with van der Waals surface area (Å²) in [6, 6.07) is 9.34. The molecule has 4 heteroatoms. The molecular formula is C17H25N3O. The number of rotatable bonds is 4. The van der Waals surface area contributed by atoms with Gasteiger partial charge in [-0.2, -0.15) is 0 Å². The zero-order chi connectivity index (χ0) is 14.7. The van der Waals surface area contributed by atoms with Gasteiger partial charge in [0.25, 0.3) is 5.91 Å². The van der Waals surface area contributed by atoms with E-state index in [4.69, 9.17) is 0 Å². The average molecular weight is 287 g/mol. The van der Waals surface area contributed by atoms with Crippen molar-refractivity contribution in [3.05, 3.63) is 35.4 Å². The second kappa shape index (κ2) is 6.58. The first-order valence-electron chi connectivity index (χ1n) is 8.04. The van der Waals surface area contributed by atoms with Gasteiger partial charge < -0.3 is 15.5 Å². The molecule has 1 aromatic rings. The van der Waals surface area contributed by atoms with E-state index in [1.165, 1.54) is 44.3 Å². The van der Waals surface area contributed by atoms with E-state index in [2.05, 4.69) is 15.5 Å². The van der Waals surface area contributed by atoms with Gasteiger partial charge in [0.2, 0.25) is 0 Å². The molecule has 3 rings (SSSR count). The number of fused-ring (bicyclic) bond motifs is 1. The topological polar surface area (TPSA) is 44.4 Å². The Balaban J connectivity index is 1.50. The third-order valence-corrected chi connectivity index (χ3v) is 4.86. The Hall–Kier alpha value is -1.39. The van der Waals surface area contributed by atoms with Crippen LogP contribution in [-0.2, 0) is 6.54 Å². The number of hydrogen-bond donors (Lipinski definition) is 2. The van der Waals surface area contributed by atoms with Crippen molar-refractivity contribution in [3.8, 4) is 0 Å². The van der Waals surface area contributed by atoms with Gasteiger partial charge in [0.15, 0.2) is 0 Å². The third-order valence-electron chi connectivity index (χ3n) is 4.86. The van der Waals surface area contributed by atoms with E-state index in [0.29, 0.717) is 6.04 Å². The van der Waals surface area contributed by atoms with E-state index < -0.39 is 0 Å². The highest BCUT2D eigenvalue weighted by atomic mass is 16.1. The first-order chi connectivity index (χ1) is 10.3. The summed E-state index contributed by atoms with van der Waals surface area (Å²) in [7, 11) is 1.66. The minimum Gasteiger partial charge on any atom is -0.355 e. The lowest BCUT2D eigenvalue weighted by Gasteiger charge is -2.35. The lowest BCUT2D eigenvalue weighted by molar-refractivity contribution is 0.0963. The molecule has 2 fully saturated rings. The van der Waals surface area contributed by atoms with Crippen LogP contribution in [0.5, 0.6) is 0 Å². The predicted octanol–water partition coefficient (Wildman–Crippen LogP) is 1.76. The Kier molecular flexibility index (Phi) is 4.56. The number of benzene rings is 1. The highest BCUT2D eigenvalue weighted by molar-refractivity contribution is 5.93. The molecule has 1 aromatic carbocycles. The summed E-state index contributed by atoms with van der Waals surface area (Å²) >= 11 is 0. The first-order valence-corrected chi connectivity index (χ1v) is 8.04. The molecule has 0 radical (unpaired) electrons. The van der Waals surface area contributed by atoms with E-state index in [9.17, 15) is 4.79 Å². The minimum atomic E-state index is -0.0249. The van der Waals surface area contributed by atoms with E-state index in [0.717, 1.165) is 18.2 Å². The van der Waals surface area contributed by atoms with Gasteiger partial charge in [0, 0.05) is 31.2 Å². The fourth-order valence-electron chi connectivity index (χ4n) is 3.59. The van der Waals surface area contributed by atoms with Gasteiger partial charge in [-0.15, -0.1) is 0 Å². The van der Waals surface area contributed by atoms with Crippen molar-refractivity contribution in [2.24, 2.45) is 0 Å². The molecule has 0 aromatic heterocycles. The molecular weight excluding hydrogens is 262 g/mol. The lowest BCUT2D eigenvalue weighted by atomic mass is 9.97. The largest absolute Gasteiger partial charge is 0.355 e. The zero-order valence-electron chi connectivity index (χ0n) is 12.8. The SMILES string of the molecule is CNC(=O)c1ccc(CNC2CCN3CCCC3C2)cc1. The molecule has 2 atom stereocenters. The summed E-state index contributed by atoms with van der Waals surface area (Å²) < 4.78 is 0. The van der Waals surface area contributed by atoms with Crippen molar-refractivity contribution in [3.63, 3.8) is 0 Å². The fourth-order valence-corrected chi connectivity index (χ4v) is 3.59. The van der Waals surface area contributed by atoms with E-state index in [1.807, 2.05) is 24.3 Å². The summed E-state index contributed by atoms with van der Waals surface area (Å²) in [5.74, 6) is -0.0249. The Morgan fingerprint density at radius 3 is 2.81 bits per heavy atom. The summed E-state index contributed by atoms with van der Waals surface area (Å²) in [4.78, 5) is 14.2. The maximum atomic E-state index is 11.5. The molecule has 21 heavy (non-hydrogen) atoms. The molecule has 2 unspecified atom stereocenters. The van der Waals surface area contributed by atoms with Gasteiger partial charge in [-0.05, 0) is 56.5 Å². The van der Waals surface area contributed by atoms with Crippen molar-refractivity contribution < 1.29 is 4.79 Å². The van der Waals surface area contributed by atoms with Gasteiger partial charge in [0.05, 0.1) is 0 Å². The van der Waals surface area contributed by atoms with Crippen LogP contribution in [0.25, 0.3) is 0 Å². The average Bonchev–Trinajstić information content (AvgIpc) is 3.00. The molecule has 2 aliphatic rings. The third kappa shape index (κ3) is 3.44. The Bertz CT molecular complexity index is 485. The summed E-state index contributed by atoms with van der Waals surface area (Å²) in [6.45, 7) is 3.45. The second-order valence-electron chi connectivity index (χ2n) is 6.21. The minimum absolute atomic E-state index is 0.0249. The maximum absolute atomic E-state index is 11.5. The second-order valence-corrected chi connectivity index (χ2v) is 6.21. The molecule has 0 spiro atoms. The van der Waals surface area contributed by atoms with E-state index in [-0.39, 0.29) is 5.91 Å². The van der Waals surface area contributed by atoms with Gasteiger partial charge >= 0.3 is 0 Å². The van der Waals surface area contributed by atoms with Crippen LogP contribution in [0, 0.1) is 0 Å². The number of piperidine rings is 1. The monoisotopic (exact) mass is 287 g/mol. The highest BCUT2D eigenvalue weighted by Gasteiger charge is 2.31. The van der Waals surface area contributed by atoms with Gasteiger partial charge in [0.1, 0.15) is 0 Å². The number of nitrogens with one attached hydrogen (secondary N) is 2. The van der Waals surface area contributed by atoms with E-state index in [1.54, 1.807) is 7.05 Å². The van der Waals surface area contributed by atoms with Crippen molar-refractivity contribution >= 4 is 5.91 Å². The smallest absolute Gasteiger partial charge is 0.251 e. The number of carbonyl (C=O) groups excluding carboxylic acids is 1. The quantitative estimate of drug-likeness (QED) is 0.887. The zero-order valence-corrected chi connectivity index (χ0v) is 12.8. The molecule has 1 amide bonds. The highest BCUT2D eigenvalue weighted by Crippen LogP contribution is 2.26. The van der Waals surface area contributed by atoms with Crippen molar-refractivity contribution in [2.75, 3.05) is 20.1 Å². The Labute approximate surface area is 126 Å². The number of carbonyl (C=O) groups is 1. The van der Waals surface area contributed by atoms with Crippen LogP contribution in [0.15, 0.2) is 24.3 Å². The van der Waals surface area contributed by atoms with Crippen LogP contribution in [-0.4, -0.2) is 43.0 Å². The van der Waals surface area contributed by atoms with Crippen molar-refractivity contribution in [1.29, 1.82) is 0 Å². The van der Waals surface area contributed by atoms with Crippen LogP contribution < -0.4 is 10.6 Å². The standard InChI is InChI=1S/C17H25N3O/c1-18-17(21)14-6-4-13(5-7-14)12-19-15-8-10-20-9-2-3-16(20)11-15/h4-7,15-16,19H,2-3,8-12H2,1H3,(H,18,21). The summed E-state index contributed by atoms with van der Waals surface area (Å²) in [5, 5.41) is 6.33. The van der Waals surface area contributed by atoms with Crippen LogP contribution in [0.4, 0.5) is 0 Å². The molecule has 2 saturated heterocycles. The van der Waals surface area contributed by atoms with Crippen LogP contribution >= 0.6 is 0 Å². The maximum Gasteiger partial charge on any atom is 0.251 e. The van der Waals surface area contributed by atoms with Crippen LogP contribution in [0.3, 0.4) is 0 Å². The molecule has 2 heterocycles. The molecule has 2 N–H and O–H groups in total. The first kappa shape index (κ1) is 14.5. The van der Waals surface area contributed by atoms with Gasteiger partial charge in [-0.1, -0.05) is 12.1 Å². The summed E-state index contributed by atoms with van der Waals surface area (Å²) in [6.07, 6.45) is 5.29. The van der Waals surface area contributed by atoms with Crippen LogP contribution in [0.2, 0.25) is 0 Å². The Morgan fingerprint density at radius 1 is 1.24 bits per heavy atom. The van der Waals surface area contributed by atoms with Crippen LogP contribution in [0.1, 0.15) is 41.6 Å². The molecule has 4 nitrogen and oxygen atoms in total. The fraction of sp³-hybridized carbons (Fsp3) is 0.588. The van der Waals surface area contributed by atoms with Crippen molar-refractivity contribution in [2.45, 2.75) is 44.3 Å².